The van der Waals surface area contributed by atoms with E-state index in [0.717, 1.165) is 44.2 Å². The van der Waals surface area contributed by atoms with E-state index < -0.39 is 16.3 Å². The van der Waals surface area contributed by atoms with Gasteiger partial charge in [-0.1, -0.05) is 19.3 Å². The summed E-state index contributed by atoms with van der Waals surface area (Å²) in [6.45, 7) is 0.553. The van der Waals surface area contributed by atoms with Crippen LogP contribution in [0.3, 0.4) is 0 Å². The van der Waals surface area contributed by atoms with E-state index in [1.807, 2.05) is 0 Å². The van der Waals surface area contributed by atoms with Crippen molar-refractivity contribution in [1.29, 1.82) is 0 Å². The molecule has 0 heterocycles. The van der Waals surface area contributed by atoms with Crippen LogP contribution in [0.25, 0.3) is 0 Å². The first kappa shape index (κ1) is 14.9. The average Bonchev–Trinajstić information content (AvgIpc) is 2.39. The summed E-state index contributed by atoms with van der Waals surface area (Å²) in [6, 6.07) is 3.41. The van der Waals surface area contributed by atoms with E-state index in [2.05, 4.69) is 5.32 Å². The molecule has 0 amide bonds. The number of nitrogens with one attached hydrogen (secondary N) is 1. The molecule has 5 nitrogen and oxygen atoms in total. The number of nitro benzene ring substituents is 1. The lowest BCUT2D eigenvalue weighted by Crippen LogP contribution is -2.41. The zero-order chi connectivity index (χ0) is 14.6. The summed E-state index contributed by atoms with van der Waals surface area (Å²) in [5.74, 6) is -0.497. The van der Waals surface area contributed by atoms with Gasteiger partial charge < -0.3 is 10.4 Å². The molecule has 0 radical (unpaired) electrons. The van der Waals surface area contributed by atoms with Crippen molar-refractivity contribution in [3.63, 3.8) is 0 Å². The van der Waals surface area contributed by atoms with Crippen LogP contribution in [0.1, 0.15) is 37.7 Å². The summed E-state index contributed by atoms with van der Waals surface area (Å²) in [4.78, 5) is 10.3. The van der Waals surface area contributed by atoms with E-state index in [1.54, 1.807) is 0 Å². The van der Waals surface area contributed by atoms with Gasteiger partial charge in [-0.25, -0.2) is 4.39 Å². The summed E-state index contributed by atoms with van der Waals surface area (Å²) in [5, 5.41) is 24.2. The van der Waals surface area contributed by atoms with Crippen LogP contribution in [0, 0.1) is 15.9 Å². The van der Waals surface area contributed by atoms with Gasteiger partial charge in [0, 0.05) is 24.7 Å². The lowest BCUT2D eigenvalue weighted by Gasteiger charge is -2.32. The second-order valence-corrected chi connectivity index (χ2v) is 5.42. The third-order valence-electron chi connectivity index (χ3n) is 3.79. The van der Waals surface area contributed by atoms with Gasteiger partial charge in [0.1, 0.15) is 5.82 Å². The highest BCUT2D eigenvalue weighted by molar-refractivity contribution is 5.40. The molecule has 0 bridgehead atoms. The smallest absolute Gasteiger partial charge is 0.274 e. The van der Waals surface area contributed by atoms with Crippen molar-refractivity contribution in [3.8, 4) is 0 Å². The lowest BCUT2D eigenvalue weighted by molar-refractivity contribution is -0.385. The number of halogens is 1. The quantitative estimate of drug-likeness (QED) is 0.642. The molecule has 1 saturated carbocycles. The summed E-state index contributed by atoms with van der Waals surface area (Å²) < 4.78 is 13.2. The van der Waals surface area contributed by atoms with Crippen LogP contribution in [-0.2, 0) is 6.54 Å². The number of rotatable bonds is 5. The monoisotopic (exact) mass is 282 g/mol. The predicted octanol–water partition coefficient (Wildman–Crippen LogP) is 2.52. The van der Waals surface area contributed by atoms with E-state index in [4.69, 9.17) is 0 Å². The fourth-order valence-corrected chi connectivity index (χ4v) is 2.69. The van der Waals surface area contributed by atoms with Gasteiger partial charge >= 0.3 is 0 Å². The standard InChI is InChI=1S/C14H19FN2O3/c15-12-4-5-13(17(19)20)11(8-12)9-16-10-14(18)6-2-1-3-7-14/h4-5,8,16,18H,1-3,6-7,9-10H2. The van der Waals surface area contributed by atoms with Crippen molar-refractivity contribution in [2.45, 2.75) is 44.2 Å². The molecule has 110 valence electrons. The molecule has 1 aromatic rings. The number of hydrogen-bond acceptors (Lipinski definition) is 4. The molecule has 0 aromatic heterocycles. The van der Waals surface area contributed by atoms with Gasteiger partial charge in [-0.3, -0.25) is 10.1 Å². The SMILES string of the molecule is O=[N+]([O-])c1ccc(F)cc1CNCC1(O)CCCCC1. The summed E-state index contributed by atoms with van der Waals surface area (Å²) >= 11 is 0. The Morgan fingerprint density at radius 3 is 2.70 bits per heavy atom. The van der Waals surface area contributed by atoms with Crippen molar-refractivity contribution in [2.24, 2.45) is 0 Å². The van der Waals surface area contributed by atoms with Crippen molar-refractivity contribution < 1.29 is 14.4 Å². The minimum Gasteiger partial charge on any atom is -0.389 e. The molecule has 0 unspecified atom stereocenters. The van der Waals surface area contributed by atoms with Crippen LogP contribution >= 0.6 is 0 Å². The van der Waals surface area contributed by atoms with Crippen LogP contribution in [0.2, 0.25) is 0 Å². The average molecular weight is 282 g/mol. The Labute approximate surface area is 117 Å². The number of hydrogen-bond donors (Lipinski definition) is 2. The molecule has 0 spiro atoms. The molecule has 2 N–H and O–H groups in total. The number of benzene rings is 1. The molecule has 0 saturated heterocycles. The zero-order valence-corrected chi connectivity index (χ0v) is 11.3. The first-order valence-electron chi connectivity index (χ1n) is 6.86. The second-order valence-electron chi connectivity index (χ2n) is 5.42. The van der Waals surface area contributed by atoms with Crippen LogP contribution in [-0.4, -0.2) is 22.2 Å². The first-order valence-corrected chi connectivity index (χ1v) is 6.86. The molecule has 20 heavy (non-hydrogen) atoms. The molecule has 1 aliphatic carbocycles. The Kier molecular flexibility index (Phi) is 4.67. The van der Waals surface area contributed by atoms with Crippen LogP contribution < -0.4 is 5.32 Å². The van der Waals surface area contributed by atoms with Gasteiger partial charge in [0.25, 0.3) is 5.69 Å². The lowest BCUT2D eigenvalue weighted by atomic mass is 9.85. The predicted molar refractivity (Wildman–Crippen MR) is 72.8 cm³/mol. The van der Waals surface area contributed by atoms with E-state index in [9.17, 15) is 19.6 Å². The van der Waals surface area contributed by atoms with Crippen molar-refractivity contribution in [3.05, 3.63) is 39.7 Å². The Hall–Kier alpha value is -1.53. The maximum atomic E-state index is 13.2. The summed E-state index contributed by atoms with van der Waals surface area (Å²) in [5.41, 5.74) is -0.538. The van der Waals surface area contributed by atoms with Gasteiger partial charge in [-0.05, 0) is 25.0 Å². The Balaban J connectivity index is 1.96. The number of nitro groups is 1. The van der Waals surface area contributed by atoms with Crippen LogP contribution in [0.5, 0.6) is 0 Å². The third-order valence-corrected chi connectivity index (χ3v) is 3.79. The third kappa shape index (κ3) is 3.74. The summed E-state index contributed by atoms with van der Waals surface area (Å²) in [7, 11) is 0. The normalized spacial score (nSPS) is 17.9. The fraction of sp³-hybridized carbons (Fsp3) is 0.571. The van der Waals surface area contributed by atoms with Crippen molar-refractivity contribution in [1.82, 2.24) is 5.32 Å². The molecule has 0 aliphatic heterocycles. The van der Waals surface area contributed by atoms with Crippen LogP contribution in [0.15, 0.2) is 18.2 Å². The maximum absolute atomic E-state index is 13.2. The van der Waals surface area contributed by atoms with Gasteiger partial charge in [-0.2, -0.15) is 0 Å². The first-order chi connectivity index (χ1) is 9.50. The van der Waals surface area contributed by atoms with Gasteiger partial charge in [0.15, 0.2) is 0 Å². The maximum Gasteiger partial charge on any atom is 0.274 e. The van der Waals surface area contributed by atoms with E-state index >= 15 is 0 Å². The van der Waals surface area contributed by atoms with Crippen LogP contribution in [0.4, 0.5) is 10.1 Å². The molecular weight excluding hydrogens is 263 g/mol. The van der Waals surface area contributed by atoms with Gasteiger partial charge in [0.05, 0.1) is 10.5 Å². The highest BCUT2D eigenvalue weighted by Crippen LogP contribution is 2.27. The van der Waals surface area contributed by atoms with Gasteiger partial charge in [-0.15, -0.1) is 0 Å². The largest absolute Gasteiger partial charge is 0.389 e. The Morgan fingerprint density at radius 1 is 1.35 bits per heavy atom. The molecule has 2 rings (SSSR count). The topological polar surface area (TPSA) is 75.4 Å². The molecule has 1 aliphatic rings. The molecule has 0 atom stereocenters. The Morgan fingerprint density at radius 2 is 2.05 bits per heavy atom. The minimum absolute atomic E-state index is 0.102. The number of nitrogens with zero attached hydrogens (tertiary/aromatic N) is 1. The molecular formula is C14H19FN2O3. The minimum atomic E-state index is -0.736. The molecule has 6 heteroatoms. The fourth-order valence-electron chi connectivity index (χ4n) is 2.69. The van der Waals surface area contributed by atoms with Crippen molar-refractivity contribution in [2.75, 3.05) is 6.54 Å². The summed E-state index contributed by atoms with van der Waals surface area (Å²) in [6.07, 6.45) is 4.62. The van der Waals surface area contributed by atoms with Crippen molar-refractivity contribution >= 4 is 5.69 Å². The number of aliphatic hydroxyl groups is 1. The van der Waals surface area contributed by atoms with E-state index in [-0.39, 0.29) is 12.2 Å². The van der Waals surface area contributed by atoms with E-state index in [0.29, 0.717) is 12.1 Å². The molecule has 1 aromatic carbocycles. The zero-order valence-electron chi connectivity index (χ0n) is 11.3. The highest BCUT2D eigenvalue weighted by atomic mass is 19.1. The highest BCUT2D eigenvalue weighted by Gasteiger charge is 2.28. The second kappa shape index (κ2) is 6.28. The van der Waals surface area contributed by atoms with Gasteiger partial charge in [0.2, 0.25) is 0 Å². The Bertz CT molecular complexity index is 487. The molecule has 1 fully saturated rings. The van der Waals surface area contributed by atoms with E-state index in [1.165, 1.54) is 6.07 Å².